The first-order chi connectivity index (χ1) is 9.32. The molecule has 3 heteroatoms. The van der Waals surface area contributed by atoms with Gasteiger partial charge in [-0.05, 0) is 47.8 Å². The van der Waals surface area contributed by atoms with Crippen molar-refractivity contribution in [2.24, 2.45) is 11.8 Å². The van der Waals surface area contributed by atoms with E-state index >= 15 is 0 Å². The molecule has 0 bridgehead atoms. The lowest BCUT2D eigenvalue weighted by Crippen LogP contribution is -2.13. The number of carboxylic acid groups (broad SMARTS) is 1. The van der Waals surface area contributed by atoms with E-state index in [2.05, 4.69) is 32.9 Å². The van der Waals surface area contributed by atoms with E-state index in [4.69, 9.17) is 9.84 Å². The zero-order valence-electron chi connectivity index (χ0n) is 12.8. The molecule has 0 aromatic heterocycles. The molecule has 0 spiro atoms. The first-order valence-electron chi connectivity index (χ1n) is 7.23. The van der Waals surface area contributed by atoms with Crippen LogP contribution in [0.15, 0.2) is 18.2 Å². The van der Waals surface area contributed by atoms with Gasteiger partial charge in [-0.2, -0.15) is 0 Å². The predicted octanol–water partition coefficient (Wildman–Crippen LogP) is 3.65. The topological polar surface area (TPSA) is 46.5 Å². The molecule has 0 saturated heterocycles. The van der Waals surface area contributed by atoms with Crippen LogP contribution in [0.3, 0.4) is 0 Å². The molecule has 2 unspecified atom stereocenters. The third-order valence-corrected chi connectivity index (χ3v) is 4.12. The highest BCUT2D eigenvalue weighted by Crippen LogP contribution is 2.42. The highest BCUT2D eigenvalue weighted by atomic mass is 16.5. The quantitative estimate of drug-likeness (QED) is 0.893. The van der Waals surface area contributed by atoms with Crippen LogP contribution < -0.4 is 4.74 Å². The van der Waals surface area contributed by atoms with E-state index in [9.17, 15) is 4.79 Å². The van der Waals surface area contributed by atoms with Crippen molar-refractivity contribution in [2.75, 3.05) is 7.11 Å². The maximum Gasteiger partial charge on any atom is 0.306 e. The van der Waals surface area contributed by atoms with E-state index in [-0.39, 0.29) is 11.3 Å². The summed E-state index contributed by atoms with van der Waals surface area (Å²) in [5.74, 6) is 0.555. The summed E-state index contributed by atoms with van der Waals surface area (Å²) in [6.45, 7) is 6.53. The number of aliphatic carboxylic acids is 1. The predicted molar refractivity (Wildman–Crippen MR) is 79.2 cm³/mol. The Labute approximate surface area is 121 Å². The van der Waals surface area contributed by atoms with Crippen molar-refractivity contribution in [3.05, 3.63) is 29.3 Å². The van der Waals surface area contributed by atoms with Gasteiger partial charge in [0.1, 0.15) is 5.75 Å². The Bertz CT molecular complexity index is 499. The summed E-state index contributed by atoms with van der Waals surface area (Å²) in [5.41, 5.74) is 2.53. The molecule has 110 valence electrons. The molecule has 0 aliphatic heterocycles. The van der Waals surface area contributed by atoms with Crippen LogP contribution in [0.2, 0.25) is 0 Å². The molecule has 2 rings (SSSR count). The van der Waals surface area contributed by atoms with Gasteiger partial charge in [0.15, 0.2) is 0 Å². The molecule has 1 aromatic rings. The zero-order chi connectivity index (χ0) is 14.9. The zero-order valence-corrected chi connectivity index (χ0v) is 12.8. The number of rotatable bonds is 5. The average molecular weight is 276 g/mol. The minimum absolute atomic E-state index is 0.0462. The SMILES string of the molecule is COc1ccc(CCC2CC2C(=O)O)cc1C(C)(C)C. The Morgan fingerprint density at radius 3 is 2.60 bits per heavy atom. The fourth-order valence-corrected chi connectivity index (χ4v) is 2.72. The smallest absolute Gasteiger partial charge is 0.306 e. The fourth-order valence-electron chi connectivity index (χ4n) is 2.72. The van der Waals surface area contributed by atoms with Crippen molar-refractivity contribution in [2.45, 2.75) is 45.4 Å². The van der Waals surface area contributed by atoms with Crippen LogP contribution in [0.25, 0.3) is 0 Å². The molecule has 1 aromatic carbocycles. The molecule has 1 saturated carbocycles. The van der Waals surface area contributed by atoms with E-state index in [0.29, 0.717) is 5.92 Å². The first kappa shape index (κ1) is 14.9. The van der Waals surface area contributed by atoms with Crippen LogP contribution >= 0.6 is 0 Å². The minimum atomic E-state index is -0.639. The molecule has 20 heavy (non-hydrogen) atoms. The lowest BCUT2D eigenvalue weighted by molar-refractivity contribution is -0.138. The lowest BCUT2D eigenvalue weighted by Gasteiger charge is -2.23. The van der Waals surface area contributed by atoms with E-state index < -0.39 is 5.97 Å². The highest BCUT2D eigenvalue weighted by molar-refractivity contribution is 5.73. The van der Waals surface area contributed by atoms with Gasteiger partial charge in [0.25, 0.3) is 0 Å². The monoisotopic (exact) mass is 276 g/mol. The maximum atomic E-state index is 10.8. The van der Waals surface area contributed by atoms with Crippen molar-refractivity contribution in [1.82, 2.24) is 0 Å². The highest BCUT2D eigenvalue weighted by Gasteiger charge is 2.42. The third kappa shape index (κ3) is 3.33. The van der Waals surface area contributed by atoms with Crippen LogP contribution in [0.1, 0.15) is 44.7 Å². The summed E-state index contributed by atoms with van der Waals surface area (Å²) in [4.78, 5) is 10.8. The molecular formula is C17H24O3. The second-order valence-electron chi connectivity index (χ2n) is 6.76. The summed E-state index contributed by atoms with van der Waals surface area (Å²) in [7, 11) is 1.70. The Morgan fingerprint density at radius 1 is 1.40 bits per heavy atom. The van der Waals surface area contributed by atoms with Crippen molar-refractivity contribution in [3.8, 4) is 5.75 Å². The fraction of sp³-hybridized carbons (Fsp3) is 0.588. The average Bonchev–Trinajstić information content (AvgIpc) is 3.14. The molecular weight excluding hydrogens is 252 g/mol. The Balaban J connectivity index is 2.04. The second-order valence-corrected chi connectivity index (χ2v) is 6.76. The van der Waals surface area contributed by atoms with Gasteiger partial charge in [0, 0.05) is 0 Å². The molecule has 3 nitrogen and oxygen atoms in total. The molecule has 0 amide bonds. The van der Waals surface area contributed by atoms with Gasteiger partial charge in [-0.15, -0.1) is 0 Å². The first-order valence-corrected chi connectivity index (χ1v) is 7.23. The van der Waals surface area contributed by atoms with Gasteiger partial charge < -0.3 is 9.84 Å². The van der Waals surface area contributed by atoms with Gasteiger partial charge in [-0.3, -0.25) is 4.79 Å². The van der Waals surface area contributed by atoms with E-state index in [1.165, 1.54) is 11.1 Å². The second kappa shape index (κ2) is 5.47. The van der Waals surface area contributed by atoms with Gasteiger partial charge in [0.2, 0.25) is 0 Å². The number of ether oxygens (including phenoxy) is 1. The summed E-state index contributed by atoms with van der Waals surface area (Å²) in [6.07, 6.45) is 2.76. The Hall–Kier alpha value is -1.51. The number of hydrogen-bond acceptors (Lipinski definition) is 2. The van der Waals surface area contributed by atoms with Crippen molar-refractivity contribution in [3.63, 3.8) is 0 Å². The molecule has 1 fully saturated rings. The summed E-state index contributed by atoms with van der Waals surface area (Å²) in [6, 6.07) is 6.32. The molecule has 1 aliphatic carbocycles. The van der Waals surface area contributed by atoms with Crippen molar-refractivity contribution in [1.29, 1.82) is 0 Å². The van der Waals surface area contributed by atoms with Crippen molar-refractivity contribution >= 4 is 5.97 Å². The Kier molecular flexibility index (Phi) is 4.07. The van der Waals surface area contributed by atoms with E-state index in [1.54, 1.807) is 7.11 Å². The molecule has 2 atom stereocenters. The van der Waals surface area contributed by atoms with E-state index in [1.807, 2.05) is 6.07 Å². The van der Waals surface area contributed by atoms with Gasteiger partial charge in [-0.1, -0.05) is 32.9 Å². The third-order valence-electron chi connectivity index (χ3n) is 4.12. The van der Waals surface area contributed by atoms with Crippen LogP contribution in [-0.2, 0) is 16.6 Å². The molecule has 0 heterocycles. The largest absolute Gasteiger partial charge is 0.496 e. The summed E-state index contributed by atoms with van der Waals surface area (Å²) in [5, 5.41) is 8.92. The van der Waals surface area contributed by atoms with E-state index in [0.717, 1.165) is 25.0 Å². The number of hydrogen-bond donors (Lipinski definition) is 1. The minimum Gasteiger partial charge on any atom is -0.496 e. The van der Waals surface area contributed by atoms with Crippen LogP contribution in [0.5, 0.6) is 5.75 Å². The van der Waals surface area contributed by atoms with Crippen LogP contribution in [0, 0.1) is 11.8 Å². The number of methoxy groups -OCH3 is 1. The number of benzene rings is 1. The molecule has 1 aliphatic rings. The van der Waals surface area contributed by atoms with Crippen LogP contribution in [-0.4, -0.2) is 18.2 Å². The number of carboxylic acids is 1. The van der Waals surface area contributed by atoms with Crippen molar-refractivity contribution < 1.29 is 14.6 Å². The molecule has 1 N–H and O–H groups in total. The van der Waals surface area contributed by atoms with Gasteiger partial charge in [-0.25, -0.2) is 0 Å². The lowest BCUT2D eigenvalue weighted by atomic mass is 9.85. The van der Waals surface area contributed by atoms with Gasteiger partial charge in [0.05, 0.1) is 13.0 Å². The number of carbonyl (C=O) groups is 1. The normalized spacial score (nSPS) is 21.6. The Morgan fingerprint density at radius 2 is 2.10 bits per heavy atom. The maximum absolute atomic E-state index is 10.8. The number of aryl methyl sites for hydroxylation is 1. The van der Waals surface area contributed by atoms with Gasteiger partial charge >= 0.3 is 5.97 Å². The van der Waals surface area contributed by atoms with Crippen LogP contribution in [0.4, 0.5) is 0 Å². The molecule has 0 radical (unpaired) electrons. The standard InChI is InChI=1S/C17H24O3/c1-17(2,3)14-9-11(6-8-15(14)20-4)5-7-12-10-13(12)16(18)19/h6,8-9,12-13H,5,7,10H2,1-4H3,(H,18,19). The summed E-state index contributed by atoms with van der Waals surface area (Å²) < 4.78 is 5.44. The summed E-state index contributed by atoms with van der Waals surface area (Å²) >= 11 is 0.